The van der Waals surface area contributed by atoms with Gasteiger partial charge in [0.15, 0.2) is 5.79 Å². The predicted molar refractivity (Wildman–Crippen MR) is 48.3 cm³/mol. The van der Waals surface area contributed by atoms with E-state index >= 15 is 0 Å². The van der Waals surface area contributed by atoms with Crippen molar-refractivity contribution >= 4 is 11.8 Å². The maximum absolute atomic E-state index is 9.58. The number of hydrogen-bond donors (Lipinski definition) is 2. The van der Waals surface area contributed by atoms with Crippen molar-refractivity contribution in [3.8, 4) is 0 Å². The summed E-state index contributed by atoms with van der Waals surface area (Å²) in [6, 6.07) is 0. The van der Waals surface area contributed by atoms with Crippen LogP contribution in [0.3, 0.4) is 0 Å². The normalized spacial score (nSPS) is 48.0. The van der Waals surface area contributed by atoms with Gasteiger partial charge in [-0.1, -0.05) is 0 Å². The lowest BCUT2D eigenvalue weighted by Crippen LogP contribution is -2.31. The SMILES string of the molecule is CC1(C)O[C@@H]2[C@@H](CO)SC(O)[C@@H]2O1. The predicted octanol–water partition coefficient (Wildman–Crippen LogP) is -0.0674. The molecule has 13 heavy (non-hydrogen) atoms. The third-order valence-electron chi connectivity index (χ3n) is 2.31. The fourth-order valence-corrected chi connectivity index (χ4v) is 2.98. The number of hydrogen-bond acceptors (Lipinski definition) is 5. The van der Waals surface area contributed by atoms with Crippen LogP contribution in [-0.4, -0.2) is 45.5 Å². The Hall–Kier alpha value is 0.190. The number of thioether (sulfide) groups is 1. The highest BCUT2D eigenvalue weighted by molar-refractivity contribution is 8.00. The number of fused-ring (bicyclic) bond motifs is 1. The van der Waals surface area contributed by atoms with E-state index in [0.717, 1.165) is 0 Å². The Labute approximate surface area is 81.2 Å². The van der Waals surface area contributed by atoms with Gasteiger partial charge in [0.1, 0.15) is 17.6 Å². The minimum Gasteiger partial charge on any atom is -0.395 e. The Morgan fingerprint density at radius 3 is 2.54 bits per heavy atom. The molecule has 2 saturated heterocycles. The van der Waals surface area contributed by atoms with Gasteiger partial charge < -0.3 is 19.7 Å². The van der Waals surface area contributed by atoms with Crippen molar-refractivity contribution in [2.75, 3.05) is 6.61 Å². The van der Waals surface area contributed by atoms with Crippen molar-refractivity contribution in [2.45, 2.75) is 42.5 Å². The third kappa shape index (κ3) is 1.59. The van der Waals surface area contributed by atoms with Gasteiger partial charge in [0.05, 0.1) is 11.9 Å². The Balaban J connectivity index is 2.12. The fourth-order valence-electron chi connectivity index (χ4n) is 1.81. The molecule has 0 bridgehead atoms. The van der Waals surface area contributed by atoms with Crippen LogP contribution in [0.5, 0.6) is 0 Å². The minimum atomic E-state index is -0.634. The van der Waals surface area contributed by atoms with Crippen molar-refractivity contribution in [1.29, 1.82) is 0 Å². The van der Waals surface area contributed by atoms with E-state index in [2.05, 4.69) is 0 Å². The molecule has 0 amide bonds. The minimum absolute atomic E-state index is 0.0162. The largest absolute Gasteiger partial charge is 0.395 e. The van der Waals surface area contributed by atoms with Gasteiger partial charge >= 0.3 is 0 Å². The molecule has 0 aliphatic carbocycles. The van der Waals surface area contributed by atoms with Gasteiger partial charge in [-0.15, -0.1) is 11.8 Å². The molecule has 0 aromatic rings. The lowest BCUT2D eigenvalue weighted by molar-refractivity contribution is -0.152. The van der Waals surface area contributed by atoms with E-state index in [1.165, 1.54) is 11.8 Å². The van der Waals surface area contributed by atoms with Crippen LogP contribution in [0.25, 0.3) is 0 Å². The average Bonchev–Trinajstić information content (AvgIpc) is 2.47. The van der Waals surface area contributed by atoms with Crippen LogP contribution < -0.4 is 0 Å². The molecule has 2 fully saturated rings. The first kappa shape index (κ1) is 9.73. The molecule has 2 aliphatic heterocycles. The Morgan fingerprint density at radius 2 is 1.92 bits per heavy atom. The van der Waals surface area contributed by atoms with Gasteiger partial charge in [-0.05, 0) is 13.8 Å². The smallest absolute Gasteiger partial charge is 0.163 e. The summed E-state index contributed by atoms with van der Waals surface area (Å²) in [4.78, 5) is 0. The van der Waals surface area contributed by atoms with E-state index in [9.17, 15) is 5.11 Å². The summed E-state index contributed by atoms with van der Waals surface area (Å²) in [6.07, 6.45) is -0.475. The van der Waals surface area contributed by atoms with Crippen LogP contribution in [0.4, 0.5) is 0 Å². The molecule has 0 aromatic carbocycles. The van der Waals surface area contributed by atoms with Crippen LogP contribution in [0.1, 0.15) is 13.8 Å². The van der Waals surface area contributed by atoms with Crippen molar-refractivity contribution in [3.05, 3.63) is 0 Å². The third-order valence-corrected chi connectivity index (χ3v) is 3.62. The summed E-state index contributed by atoms with van der Waals surface area (Å²) in [6.45, 7) is 3.65. The second-order valence-corrected chi connectivity index (χ2v) is 5.17. The Kier molecular flexibility index (Phi) is 2.32. The summed E-state index contributed by atoms with van der Waals surface area (Å²) in [5, 5.41) is 18.5. The highest BCUT2D eigenvalue weighted by Crippen LogP contribution is 2.44. The maximum Gasteiger partial charge on any atom is 0.163 e. The van der Waals surface area contributed by atoms with Gasteiger partial charge in [-0.25, -0.2) is 0 Å². The van der Waals surface area contributed by atoms with E-state index in [1.54, 1.807) is 0 Å². The Bertz CT molecular complexity index is 208. The first-order chi connectivity index (χ1) is 6.03. The molecule has 1 unspecified atom stereocenters. The van der Waals surface area contributed by atoms with E-state index in [1.807, 2.05) is 13.8 Å². The highest BCUT2D eigenvalue weighted by atomic mass is 32.2. The molecule has 4 nitrogen and oxygen atoms in total. The first-order valence-electron chi connectivity index (χ1n) is 4.33. The second kappa shape index (κ2) is 3.10. The van der Waals surface area contributed by atoms with Crippen LogP contribution in [0.2, 0.25) is 0 Å². The van der Waals surface area contributed by atoms with Crippen molar-refractivity contribution in [3.63, 3.8) is 0 Å². The zero-order valence-electron chi connectivity index (χ0n) is 7.64. The topological polar surface area (TPSA) is 58.9 Å². The van der Waals surface area contributed by atoms with Gasteiger partial charge in [0, 0.05) is 0 Å². The molecule has 5 heteroatoms. The molecule has 0 saturated carbocycles. The summed E-state index contributed by atoms with van der Waals surface area (Å²) < 4.78 is 11.1. The maximum atomic E-state index is 9.58. The summed E-state index contributed by atoms with van der Waals surface area (Å²) in [5.74, 6) is -0.634. The lowest BCUT2D eigenvalue weighted by atomic mass is 10.1. The molecule has 0 spiro atoms. The number of ether oxygens (including phenoxy) is 2. The van der Waals surface area contributed by atoms with Gasteiger partial charge in [-0.2, -0.15) is 0 Å². The van der Waals surface area contributed by atoms with E-state index < -0.39 is 11.2 Å². The molecule has 2 rings (SSSR count). The van der Waals surface area contributed by atoms with E-state index in [-0.39, 0.29) is 24.1 Å². The van der Waals surface area contributed by atoms with Crippen LogP contribution in [0, 0.1) is 0 Å². The lowest BCUT2D eigenvalue weighted by Gasteiger charge is -2.21. The number of rotatable bonds is 1. The quantitative estimate of drug-likeness (QED) is 0.629. The van der Waals surface area contributed by atoms with Crippen LogP contribution in [0.15, 0.2) is 0 Å². The zero-order valence-corrected chi connectivity index (χ0v) is 8.45. The van der Waals surface area contributed by atoms with Gasteiger partial charge in [-0.3, -0.25) is 0 Å². The van der Waals surface area contributed by atoms with Crippen LogP contribution >= 0.6 is 11.8 Å². The zero-order chi connectivity index (χ0) is 9.64. The molecule has 4 atom stereocenters. The number of aliphatic hydroxyl groups excluding tert-OH is 2. The highest BCUT2D eigenvalue weighted by Gasteiger charge is 2.53. The summed E-state index contributed by atoms with van der Waals surface area (Å²) in [7, 11) is 0. The monoisotopic (exact) mass is 206 g/mol. The van der Waals surface area contributed by atoms with Gasteiger partial charge in [0.2, 0.25) is 0 Å². The molecule has 2 heterocycles. The molecular weight excluding hydrogens is 192 g/mol. The van der Waals surface area contributed by atoms with Crippen molar-refractivity contribution in [1.82, 2.24) is 0 Å². The average molecular weight is 206 g/mol. The molecular formula is C8H14O4S. The molecule has 76 valence electrons. The molecule has 2 aliphatic rings. The second-order valence-electron chi connectivity index (χ2n) is 3.81. The molecule has 0 aromatic heterocycles. The van der Waals surface area contributed by atoms with Gasteiger partial charge in [0.25, 0.3) is 0 Å². The van der Waals surface area contributed by atoms with E-state index in [4.69, 9.17) is 14.6 Å². The molecule has 2 N–H and O–H groups in total. The molecule has 0 radical (unpaired) electrons. The van der Waals surface area contributed by atoms with Crippen molar-refractivity contribution in [2.24, 2.45) is 0 Å². The fraction of sp³-hybridized carbons (Fsp3) is 1.00. The summed E-state index contributed by atoms with van der Waals surface area (Å²) in [5.41, 5.74) is -0.580. The van der Waals surface area contributed by atoms with Crippen molar-refractivity contribution < 1.29 is 19.7 Å². The van der Waals surface area contributed by atoms with Crippen LogP contribution in [-0.2, 0) is 9.47 Å². The first-order valence-corrected chi connectivity index (χ1v) is 5.28. The summed E-state index contributed by atoms with van der Waals surface area (Å²) >= 11 is 1.31. The van der Waals surface area contributed by atoms with E-state index in [0.29, 0.717) is 0 Å². The standard InChI is InChI=1S/C8H14O4S/c1-8(2)11-5-4(3-9)13-7(10)6(5)12-8/h4-7,9-10H,3H2,1-2H3/t4-,5-,6-,7?/m1/s1. The Morgan fingerprint density at radius 1 is 1.31 bits per heavy atom. The number of aliphatic hydroxyl groups is 2.